The van der Waals surface area contributed by atoms with Crippen LogP contribution in [0.1, 0.15) is 22.8 Å². The Hall–Kier alpha value is -2.02. The third-order valence-corrected chi connectivity index (χ3v) is 2.61. The second-order valence-corrected chi connectivity index (χ2v) is 3.78. The van der Waals surface area contributed by atoms with Gasteiger partial charge in [0.2, 0.25) is 0 Å². The molecule has 0 saturated carbocycles. The molecule has 2 aromatic heterocycles. The molecule has 2 heterocycles. The van der Waals surface area contributed by atoms with Gasteiger partial charge >= 0.3 is 5.97 Å². The van der Waals surface area contributed by atoms with Crippen molar-refractivity contribution in [3.8, 4) is 0 Å². The molecule has 7 heteroatoms. The van der Waals surface area contributed by atoms with E-state index in [1.165, 1.54) is 4.52 Å². The third kappa shape index (κ3) is 1.96. The number of nitrogens with zero attached hydrogens (tertiary/aromatic N) is 4. The highest BCUT2D eigenvalue weighted by Crippen LogP contribution is 2.12. The molecule has 0 aliphatic rings. The molecule has 0 spiro atoms. The minimum absolute atomic E-state index is 0.209. The largest absolute Gasteiger partial charge is 0.481 e. The second kappa shape index (κ2) is 4.10. The van der Waals surface area contributed by atoms with E-state index in [2.05, 4.69) is 15.1 Å². The van der Waals surface area contributed by atoms with Gasteiger partial charge < -0.3 is 10.8 Å². The predicted octanol–water partition coefficient (Wildman–Crippen LogP) is -0.173. The van der Waals surface area contributed by atoms with Gasteiger partial charge in [-0.3, -0.25) is 4.79 Å². The van der Waals surface area contributed by atoms with Crippen LogP contribution in [0, 0.1) is 13.8 Å². The summed E-state index contributed by atoms with van der Waals surface area (Å²) in [5.41, 5.74) is 8.19. The molecular weight excluding hydrogens is 222 g/mol. The predicted molar refractivity (Wildman–Crippen MR) is 59.5 cm³/mol. The summed E-state index contributed by atoms with van der Waals surface area (Å²) in [5, 5.41) is 12.8. The van der Waals surface area contributed by atoms with Gasteiger partial charge in [0.15, 0.2) is 5.82 Å². The summed E-state index contributed by atoms with van der Waals surface area (Å²) in [6, 6.07) is 0. The Kier molecular flexibility index (Phi) is 2.76. The molecule has 0 radical (unpaired) electrons. The Bertz CT molecular complexity index is 590. The number of aromatic nitrogens is 4. The van der Waals surface area contributed by atoms with Crippen molar-refractivity contribution in [2.75, 3.05) is 0 Å². The zero-order chi connectivity index (χ0) is 12.6. The average Bonchev–Trinajstić information content (AvgIpc) is 2.60. The van der Waals surface area contributed by atoms with Gasteiger partial charge in [-0.1, -0.05) is 0 Å². The molecule has 0 aromatic carbocycles. The van der Waals surface area contributed by atoms with E-state index in [0.717, 1.165) is 17.0 Å². The molecule has 3 N–H and O–H groups in total. The van der Waals surface area contributed by atoms with E-state index in [1.807, 2.05) is 13.8 Å². The molecule has 0 aliphatic heterocycles. The minimum Gasteiger partial charge on any atom is -0.481 e. The highest BCUT2D eigenvalue weighted by molar-refractivity contribution is 5.69. The summed E-state index contributed by atoms with van der Waals surface area (Å²) in [5.74, 6) is -0.301. The maximum Gasteiger partial charge on any atom is 0.311 e. The van der Waals surface area contributed by atoms with Gasteiger partial charge in [0, 0.05) is 23.5 Å². The number of nitrogens with two attached hydrogens (primary N) is 1. The molecule has 90 valence electrons. The van der Waals surface area contributed by atoms with Crippen LogP contribution in [0.4, 0.5) is 0 Å². The van der Waals surface area contributed by atoms with Crippen molar-refractivity contribution < 1.29 is 9.90 Å². The van der Waals surface area contributed by atoms with Crippen molar-refractivity contribution in [3.63, 3.8) is 0 Å². The molecule has 0 unspecified atom stereocenters. The summed E-state index contributed by atoms with van der Waals surface area (Å²) < 4.78 is 1.54. The van der Waals surface area contributed by atoms with Gasteiger partial charge in [-0.2, -0.15) is 4.98 Å². The molecule has 0 fully saturated rings. The van der Waals surface area contributed by atoms with Gasteiger partial charge in [0.05, 0.1) is 0 Å². The highest BCUT2D eigenvalue weighted by Gasteiger charge is 2.13. The lowest BCUT2D eigenvalue weighted by molar-refractivity contribution is -0.136. The molecule has 17 heavy (non-hydrogen) atoms. The minimum atomic E-state index is -0.964. The van der Waals surface area contributed by atoms with E-state index in [9.17, 15) is 4.79 Å². The van der Waals surface area contributed by atoms with Crippen LogP contribution in [0.25, 0.3) is 5.78 Å². The first-order valence-electron chi connectivity index (χ1n) is 5.16. The zero-order valence-corrected chi connectivity index (χ0v) is 9.64. The fraction of sp³-hybridized carbons (Fsp3) is 0.400. The van der Waals surface area contributed by atoms with Crippen LogP contribution < -0.4 is 5.73 Å². The van der Waals surface area contributed by atoms with Crippen LogP contribution in [0.3, 0.4) is 0 Å². The Morgan fingerprint density at radius 2 is 2.12 bits per heavy atom. The monoisotopic (exact) mass is 235 g/mol. The van der Waals surface area contributed by atoms with Crippen molar-refractivity contribution in [3.05, 3.63) is 22.8 Å². The standard InChI is InChI=1S/C10H13N5O2/c1-5-7(4-11)6(2)15-10(12-5)13-8(14-15)3-9(16)17/h3-4,11H2,1-2H3,(H,16,17). The topological polar surface area (TPSA) is 106 Å². The fourth-order valence-corrected chi connectivity index (χ4v) is 1.76. The van der Waals surface area contributed by atoms with Gasteiger partial charge in [-0.25, -0.2) is 9.50 Å². The van der Waals surface area contributed by atoms with Gasteiger partial charge in [-0.15, -0.1) is 5.10 Å². The third-order valence-electron chi connectivity index (χ3n) is 2.61. The van der Waals surface area contributed by atoms with Crippen LogP contribution in [-0.2, 0) is 17.8 Å². The van der Waals surface area contributed by atoms with E-state index < -0.39 is 5.97 Å². The van der Waals surface area contributed by atoms with E-state index in [4.69, 9.17) is 10.8 Å². The number of fused-ring (bicyclic) bond motifs is 1. The molecule has 0 aliphatic carbocycles. The number of rotatable bonds is 3. The van der Waals surface area contributed by atoms with Gasteiger partial charge in [-0.05, 0) is 13.8 Å². The highest BCUT2D eigenvalue weighted by atomic mass is 16.4. The normalized spacial score (nSPS) is 11.0. The molecular formula is C10H13N5O2. The summed E-state index contributed by atoms with van der Waals surface area (Å²) in [4.78, 5) is 18.9. The number of aryl methyl sites for hydroxylation is 2. The second-order valence-electron chi connectivity index (χ2n) is 3.78. The van der Waals surface area contributed by atoms with Crippen molar-refractivity contribution in [1.29, 1.82) is 0 Å². The quantitative estimate of drug-likeness (QED) is 0.764. The zero-order valence-electron chi connectivity index (χ0n) is 9.64. The summed E-state index contributed by atoms with van der Waals surface area (Å²) >= 11 is 0. The van der Waals surface area contributed by atoms with Crippen molar-refractivity contribution in [2.24, 2.45) is 5.73 Å². The summed E-state index contributed by atoms with van der Waals surface area (Å²) in [7, 11) is 0. The number of carbonyl (C=O) groups is 1. The summed E-state index contributed by atoms with van der Waals surface area (Å²) in [6.45, 7) is 4.08. The maximum absolute atomic E-state index is 10.6. The van der Waals surface area contributed by atoms with Crippen LogP contribution >= 0.6 is 0 Å². The van der Waals surface area contributed by atoms with Gasteiger partial charge in [0.1, 0.15) is 6.42 Å². The Balaban J connectivity index is 2.61. The number of hydrogen-bond donors (Lipinski definition) is 2. The molecule has 2 rings (SSSR count). The lowest BCUT2D eigenvalue weighted by atomic mass is 10.2. The first-order chi connectivity index (χ1) is 8.02. The van der Waals surface area contributed by atoms with Crippen molar-refractivity contribution >= 4 is 11.7 Å². The van der Waals surface area contributed by atoms with Crippen LogP contribution in [0.5, 0.6) is 0 Å². The first-order valence-corrected chi connectivity index (χ1v) is 5.16. The van der Waals surface area contributed by atoms with E-state index in [0.29, 0.717) is 12.3 Å². The average molecular weight is 235 g/mol. The lowest BCUT2D eigenvalue weighted by Gasteiger charge is -2.06. The Labute approximate surface area is 97.3 Å². The summed E-state index contributed by atoms with van der Waals surface area (Å²) in [6.07, 6.45) is -0.209. The van der Waals surface area contributed by atoms with Gasteiger partial charge in [0.25, 0.3) is 5.78 Å². The smallest absolute Gasteiger partial charge is 0.311 e. The Morgan fingerprint density at radius 3 is 2.71 bits per heavy atom. The lowest BCUT2D eigenvalue weighted by Crippen LogP contribution is -2.09. The Morgan fingerprint density at radius 1 is 1.41 bits per heavy atom. The first kappa shape index (κ1) is 11.5. The molecule has 7 nitrogen and oxygen atoms in total. The van der Waals surface area contributed by atoms with Crippen LogP contribution in [0.15, 0.2) is 0 Å². The number of hydrogen-bond acceptors (Lipinski definition) is 5. The SMILES string of the molecule is Cc1nc2nc(CC(=O)O)nn2c(C)c1CN. The van der Waals surface area contributed by atoms with Crippen LogP contribution in [0.2, 0.25) is 0 Å². The van der Waals surface area contributed by atoms with E-state index >= 15 is 0 Å². The number of carboxylic acid groups (broad SMARTS) is 1. The van der Waals surface area contributed by atoms with E-state index in [-0.39, 0.29) is 12.2 Å². The molecule has 0 atom stereocenters. The van der Waals surface area contributed by atoms with Crippen molar-refractivity contribution in [1.82, 2.24) is 19.6 Å². The number of carboxylic acids is 1. The molecule has 0 saturated heterocycles. The van der Waals surface area contributed by atoms with Crippen LogP contribution in [-0.4, -0.2) is 30.7 Å². The van der Waals surface area contributed by atoms with E-state index in [1.54, 1.807) is 0 Å². The maximum atomic E-state index is 10.6. The molecule has 2 aromatic rings. The van der Waals surface area contributed by atoms with Crippen molar-refractivity contribution in [2.45, 2.75) is 26.8 Å². The number of aliphatic carboxylic acids is 1. The fourth-order valence-electron chi connectivity index (χ4n) is 1.76. The molecule has 0 bridgehead atoms. The molecule has 0 amide bonds.